The van der Waals surface area contributed by atoms with Gasteiger partial charge in [-0.05, 0) is 23.1 Å². The summed E-state index contributed by atoms with van der Waals surface area (Å²) in [4.78, 5) is 11.5. The molecule has 0 aromatic heterocycles. The fourth-order valence-corrected chi connectivity index (χ4v) is 1.67. The summed E-state index contributed by atoms with van der Waals surface area (Å²) < 4.78 is 10.2. The monoisotopic (exact) mass is 266 g/mol. The van der Waals surface area contributed by atoms with Crippen LogP contribution in [0.4, 0.5) is 0 Å². The maximum absolute atomic E-state index is 11.5. The molecule has 0 amide bonds. The van der Waals surface area contributed by atoms with Crippen LogP contribution < -0.4 is 4.74 Å². The van der Waals surface area contributed by atoms with Crippen molar-refractivity contribution in [2.75, 3.05) is 13.7 Å². The molecule has 4 heteroatoms. The largest absolute Gasteiger partial charge is 0.479 e. The molecule has 1 unspecified atom stereocenters. The fraction of sp³-hybridized carbons (Fsp3) is 0.533. The van der Waals surface area contributed by atoms with Gasteiger partial charge in [0.1, 0.15) is 5.75 Å². The highest BCUT2D eigenvalue weighted by Crippen LogP contribution is 2.24. The van der Waals surface area contributed by atoms with E-state index in [1.165, 1.54) is 12.7 Å². The number of ether oxygens (including phenoxy) is 2. The van der Waals surface area contributed by atoms with E-state index < -0.39 is 12.1 Å². The molecular weight excluding hydrogens is 244 g/mol. The van der Waals surface area contributed by atoms with E-state index in [-0.39, 0.29) is 18.4 Å². The molecule has 0 radical (unpaired) electrons. The quantitative estimate of drug-likeness (QED) is 0.831. The van der Waals surface area contributed by atoms with Gasteiger partial charge in [0.05, 0.1) is 7.11 Å². The first-order valence-corrected chi connectivity index (χ1v) is 6.34. The van der Waals surface area contributed by atoms with Crippen LogP contribution in [0.15, 0.2) is 24.3 Å². The second-order valence-corrected chi connectivity index (χ2v) is 5.42. The van der Waals surface area contributed by atoms with E-state index in [0.717, 1.165) is 0 Å². The van der Waals surface area contributed by atoms with E-state index in [9.17, 15) is 4.79 Å². The van der Waals surface area contributed by atoms with E-state index in [4.69, 9.17) is 9.84 Å². The first-order chi connectivity index (χ1) is 8.88. The molecule has 0 spiro atoms. The van der Waals surface area contributed by atoms with Gasteiger partial charge < -0.3 is 14.6 Å². The van der Waals surface area contributed by atoms with Gasteiger partial charge in [-0.25, -0.2) is 4.79 Å². The van der Waals surface area contributed by atoms with Crippen LogP contribution in [-0.2, 0) is 14.9 Å². The molecule has 0 saturated heterocycles. The van der Waals surface area contributed by atoms with Gasteiger partial charge in [-0.15, -0.1) is 0 Å². The Morgan fingerprint density at radius 2 is 1.84 bits per heavy atom. The van der Waals surface area contributed by atoms with Crippen molar-refractivity contribution >= 4 is 5.97 Å². The van der Waals surface area contributed by atoms with Crippen LogP contribution in [-0.4, -0.2) is 30.9 Å². The molecule has 1 aromatic carbocycles. The molecule has 106 valence electrons. The van der Waals surface area contributed by atoms with Crippen LogP contribution in [0.2, 0.25) is 0 Å². The smallest absolute Gasteiger partial charge is 0.347 e. The van der Waals surface area contributed by atoms with E-state index in [1.54, 1.807) is 0 Å². The van der Waals surface area contributed by atoms with Gasteiger partial charge in [-0.3, -0.25) is 0 Å². The van der Waals surface area contributed by atoms with Crippen molar-refractivity contribution in [1.82, 2.24) is 0 Å². The minimum atomic E-state index is -0.768. The molecular formula is C15H22O4. The minimum Gasteiger partial charge on any atom is -0.479 e. The third-order valence-corrected chi connectivity index (χ3v) is 2.85. The number of carbonyl (C=O) groups excluding carboxylic acids is 1. The Morgan fingerprint density at radius 3 is 2.26 bits per heavy atom. The number of carbonyl (C=O) groups is 1. The Hall–Kier alpha value is -1.55. The van der Waals surface area contributed by atoms with Gasteiger partial charge in [0.15, 0.2) is 6.10 Å². The maximum atomic E-state index is 11.5. The lowest BCUT2D eigenvalue weighted by atomic mass is 9.87. The van der Waals surface area contributed by atoms with Gasteiger partial charge >= 0.3 is 5.97 Å². The third kappa shape index (κ3) is 4.56. The summed E-state index contributed by atoms with van der Waals surface area (Å²) in [6.07, 6.45) is -0.552. The molecule has 1 N–H and O–H groups in total. The summed E-state index contributed by atoms with van der Waals surface area (Å²) >= 11 is 0. The Bertz CT molecular complexity index is 403. The van der Waals surface area contributed by atoms with Gasteiger partial charge in [0.25, 0.3) is 0 Å². The SMILES string of the molecule is COC(=O)C(CCO)Oc1ccc(C(C)(C)C)cc1. The molecule has 0 aliphatic rings. The van der Waals surface area contributed by atoms with Crippen molar-refractivity contribution in [1.29, 1.82) is 0 Å². The summed E-state index contributed by atoms with van der Waals surface area (Å²) in [6, 6.07) is 7.60. The molecule has 19 heavy (non-hydrogen) atoms. The van der Waals surface area contributed by atoms with Crippen LogP contribution in [0.3, 0.4) is 0 Å². The average molecular weight is 266 g/mol. The van der Waals surface area contributed by atoms with Crippen molar-refractivity contribution in [3.63, 3.8) is 0 Å². The highest BCUT2D eigenvalue weighted by atomic mass is 16.6. The number of benzene rings is 1. The van der Waals surface area contributed by atoms with Crippen molar-refractivity contribution in [2.24, 2.45) is 0 Å². The number of esters is 1. The Kier molecular flexibility index (Phi) is 5.36. The lowest BCUT2D eigenvalue weighted by Gasteiger charge is -2.20. The summed E-state index contributed by atoms with van der Waals surface area (Å²) in [5.41, 5.74) is 1.27. The van der Waals surface area contributed by atoms with Crippen LogP contribution in [0, 0.1) is 0 Å². The Labute approximate surface area is 114 Å². The van der Waals surface area contributed by atoms with Gasteiger partial charge in [-0.1, -0.05) is 32.9 Å². The van der Waals surface area contributed by atoms with Crippen LogP contribution in [0.1, 0.15) is 32.8 Å². The predicted molar refractivity (Wildman–Crippen MR) is 73.3 cm³/mol. The van der Waals surface area contributed by atoms with E-state index in [2.05, 4.69) is 25.5 Å². The van der Waals surface area contributed by atoms with Crippen LogP contribution in [0.5, 0.6) is 5.75 Å². The zero-order valence-corrected chi connectivity index (χ0v) is 12.0. The number of hydrogen-bond donors (Lipinski definition) is 1. The van der Waals surface area contributed by atoms with E-state index in [1.807, 2.05) is 24.3 Å². The highest BCUT2D eigenvalue weighted by Gasteiger charge is 2.21. The molecule has 1 aromatic rings. The van der Waals surface area contributed by atoms with Crippen LogP contribution in [0.25, 0.3) is 0 Å². The average Bonchev–Trinajstić information content (AvgIpc) is 2.37. The van der Waals surface area contributed by atoms with Gasteiger partial charge in [-0.2, -0.15) is 0 Å². The molecule has 0 fully saturated rings. The summed E-state index contributed by atoms with van der Waals surface area (Å²) in [5.74, 6) is 0.116. The summed E-state index contributed by atoms with van der Waals surface area (Å²) in [5, 5.41) is 8.92. The number of aliphatic hydroxyl groups is 1. The van der Waals surface area contributed by atoms with Gasteiger partial charge in [0.2, 0.25) is 0 Å². The number of aliphatic hydroxyl groups excluding tert-OH is 1. The molecule has 0 saturated carbocycles. The molecule has 0 aliphatic heterocycles. The molecule has 4 nitrogen and oxygen atoms in total. The fourth-order valence-electron chi connectivity index (χ4n) is 1.67. The minimum absolute atomic E-state index is 0.0748. The van der Waals surface area contributed by atoms with E-state index >= 15 is 0 Å². The molecule has 1 atom stereocenters. The topological polar surface area (TPSA) is 55.8 Å². The maximum Gasteiger partial charge on any atom is 0.347 e. The van der Waals surface area contributed by atoms with Crippen molar-refractivity contribution in [3.05, 3.63) is 29.8 Å². The molecule has 0 aliphatic carbocycles. The highest BCUT2D eigenvalue weighted by molar-refractivity contribution is 5.74. The Balaban J connectivity index is 2.78. The first-order valence-electron chi connectivity index (χ1n) is 6.34. The van der Waals surface area contributed by atoms with E-state index in [0.29, 0.717) is 5.75 Å². The Morgan fingerprint density at radius 1 is 1.26 bits per heavy atom. The lowest BCUT2D eigenvalue weighted by molar-refractivity contribution is -0.149. The number of methoxy groups -OCH3 is 1. The zero-order valence-electron chi connectivity index (χ0n) is 12.0. The van der Waals surface area contributed by atoms with Crippen LogP contribution >= 0.6 is 0 Å². The third-order valence-electron chi connectivity index (χ3n) is 2.85. The molecule has 1 rings (SSSR count). The predicted octanol–water partition coefficient (Wildman–Crippen LogP) is 2.29. The lowest BCUT2D eigenvalue weighted by Crippen LogP contribution is -2.29. The molecule has 0 bridgehead atoms. The standard InChI is InChI=1S/C15H22O4/c1-15(2,3)11-5-7-12(8-6-11)19-13(9-10-16)14(17)18-4/h5-8,13,16H,9-10H2,1-4H3. The second-order valence-electron chi connectivity index (χ2n) is 5.42. The summed E-state index contributed by atoms with van der Waals surface area (Å²) in [6.45, 7) is 6.27. The van der Waals surface area contributed by atoms with Crippen molar-refractivity contribution in [3.8, 4) is 5.75 Å². The van der Waals surface area contributed by atoms with Crippen molar-refractivity contribution < 1.29 is 19.4 Å². The first kappa shape index (κ1) is 15.5. The number of hydrogen-bond acceptors (Lipinski definition) is 4. The summed E-state index contributed by atoms with van der Waals surface area (Å²) in [7, 11) is 1.30. The van der Waals surface area contributed by atoms with Gasteiger partial charge in [0, 0.05) is 13.0 Å². The van der Waals surface area contributed by atoms with Crippen molar-refractivity contribution in [2.45, 2.75) is 38.7 Å². The molecule has 0 heterocycles. The zero-order chi connectivity index (χ0) is 14.5. The number of rotatable bonds is 5. The normalized spacial score (nSPS) is 12.9. The second kappa shape index (κ2) is 6.57.